The van der Waals surface area contributed by atoms with Gasteiger partial charge in [-0.2, -0.15) is 0 Å². The molecule has 0 radical (unpaired) electrons. The molecule has 2 heteroatoms. The Kier molecular flexibility index (Phi) is 1.10. The predicted molar refractivity (Wildman–Crippen MR) is 36.4 cm³/mol. The molecule has 2 rings (SSSR count). The van der Waals surface area contributed by atoms with Crippen molar-refractivity contribution in [2.24, 2.45) is 5.92 Å². The molecule has 2 fully saturated rings. The highest BCUT2D eigenvalue weighted by Gasteiger charge is 2.41. The van der Waals surface area contributed by atoms with Gasteiger partial charge in [0, 0.05) is 11.5 Å². The van der Waals surface area contributed by atoms with Crippen LogP contribution < -0.4 is 0 Å². The summed E-state index contributed by atoms with van der Waals surface area (Å²) >= 11 is 0. The third-order valence-electron chi connectivity index (χ3n) is 2.42. The van der Waals surface area contributed by atoms with Crippen LogP contribution in [0.5, 0.6) is 0 Å². The third-order valence-corrected chi connectivity index (χ3v) is 2.42. The Balaban J connectivity index is 2.24. The number of hydrogen-bond donors (Lipinski definition) is 0. The lowest BCUT2D eigenvalue weighted by Gasteiger charge is -2.03. The molecule has 10 heavy (non-hydrogen) atoms. The smallest absolute Gasteiger partial charge is 0.334 e. The summed E-state index contributed by atoms with van der Waals surface area (Å²) in [5.74, 6) is 0.183. The third kappa shape index (κ3) is 0.618. The molecule has 0 aromatic rings. The van der Waals surface area contributed by atoms with Crippen molar-refractivity contribution in [1.82, 2.24) is 0 Å². The van der Waals surface area contributed by atoms with E-state index in [0.717, 1.165) is 12.8 Å². The summed E-state index contributed by atoms with van der Waals surface area (Å²) in [6.07, 6.45) is 3.49. The average molecular weight is 138 g/mol. The zero-order valence-corrected chi connectivity index (χ0v) is 5.80. The maximum Gasteiger partial charge on any atom is 0.334 e. The summed E-state index contributed by atoms with van der Waals surface area (Å²) in [5.41, 5.74) is 0.697. The van der Waals surface area contributed by atoms with E-state index in [-0.39, 0.29) is 12.1 Å². The van der Waals surface area contributed by atoms with Crippen LogP contribution in [0, 0.1) is 5.92 Å². The Labute approximate surface area is 59.9 Å². The van der Waals surface area contributed by atoms with Crippen LogP contribution in [0.3, 0.4) is 0 Å². The molecular weight excluding hydrogens is 128 g/mol. The van der Waals surface area contributed by atoms with Gasteiger partial charge in [-0.25, -0.2) is 4.79 Å². The van der Waals surface area contributed by atoms with Gasteiger partial charge >= 0.3 is 5.97 Å². The monoisotopic (exact) mass is 138 g/mol. The molecule has 1 heterocycles. The van der Waals surface area contributed by atoms with Crippen LogP contribution in [-0.2, 0) is 9.53 Å². The van der Waals surface area contributed by atoms with E-state index in [9.17, 15) is 4.79 Å². The fourth-order valence-electron chi connectivity index (χ4n) is 1.83. The van der Waals surface area contributed by atoms with Crippen molar-refractivity contribution in [2.45, 2.75) is 25.4 Å². The summed E-state index contributed by atoms with van der Waals surface area (Å²) in [6, 6.07) is 0. The summed E-state index contributed by atoms with van der Waals surface area (Å²) < 4.78 is 5.06. The zero-order valence-electron chi connectivity index (χ0n) is 5.80. The quantitative estimate of drug-likeness (QED) is 0.372. The number of ether oxygens (including phenoxy) is 1. The van der Waals surface area contributed by atoms with Gasteiger partial charge in [-0.05, 0) is 19.3 Å². The Morgan fingerprint density at radius 2 is 2.30 bits per heavy atom. The van der Waals surface area contributed by atoms with E-state index < -0.39 is 0 Å². The van der Waals surface area contributed by atoms with E-state index in [2.05, 4.69) is 6.58 Å². The first-order valence-electron chi connectivity index (χ1n) is 3.69. The Morgan fingerprint density at radius 1 is 1.50 bits per heavy atom. The normalized spacial score (nSPS) is 38.0. The van der Waals surface area contributed by atoms with Gasteiger partial charge < -0.3 is 4.74 Å². The van der Waals surface area contributed by atoms with Crippen molar-refractivity contribution in [3.05, 3.63) is 12.2 Å². The van der Waals surface area contributed by atoms with E-state index in [1.54, 1.807) is 0 Å². The molecule has 0 N–H and O–H groups in total. The topological polar surface area (TPSA) is 26.3 Å². The van der Waals surface area contributed by atoms with Crippen LogP contribution in [0.2, 0.25) is 0 Å². The Hall–Kier alpha value is -0.790. The van der Waals surface area contributed by atoms with Gasteiger partial charge in [-0.15, -0.1) is 0 Å². The molecule has 0 aromatic carbocycles. The van der Waals surface area contributed by atoms with Crippen LogP contribution in [0.4, 0.5) is 0 Å². The fourth-order valence-corrected chi connectivity index (χ4v) is 1.83. The van der Waals surface area contributed by atoms with Gasteiger partial charge in [0.25, 0.3) is 0 Å². The molecule has 0 spiro atoms. The predicted octanol–water partition coefficient (Wildman–Crippen LogP) is 1.27. The molecule has 54 valence electrons. The summed E-state index contributed by atoms with van der Waals surface area (Å²) in [4.78, 5) is 10.9. The average Bonchev–Trinajstić information content (AvgIpc) is 2.41. The van der Waals surface area contributed by atoms with Gasteiger partial charge in [0.05, 0.1) is 0 Å². The maximum absolute atomic E-state index is 10.9. The number of hydrogen-bond acceptors (Lipinski definition) is 2. The van der Waals surface area contributed by atoms with Crippen LogP contribution in [0.1, 0.15) is 19.3 Å². The number of fused-ring (bicyclic) bond motifs is 1. The molecule has 2 nitrogen and oxygen atoms in total. The lowest BCUT2D eigenvalue weighted by Crippen LogP contribution is -2.07. The second-order valence-electron chi connectivity index (χ2n) is 3.01. The van der Waals surface area contributed by atoms with E-state index in [1.165, 1.54) is 6.42 Å². The largest absolute Gasteiger partial charge is 0.458 e. The molecule has 1 aliphatic carbocycles. The number of rotatable bonds is 0. The second kappa shape index (κ2) is 1.84. The SMILES string of the molecule is C=C1C(=O)OC2CCCC12. The minimum absolute atomic E-state index is 0.172. The standard InChI is InChI=1S/C8H10O2/c1-5-6-3-2-4-7(6)10-8(5)9/h6-7H,1-4H2. The summed E-state index contributed by atoms with van der Waals surface area (Å²) in [5, 5.41) is 0. The van der Waals surface area contributed by atoms with E-state index in [4.69, 9.17) is 4.74 Å². The highest BCUT2D eigenvalue weighted by molar-refractivity contribution is 5.90. The van der Waals surface area contributed by atoms with Crippen molar-refractivity contribution in [1.29, 1.82) is 0 Å². The minimum atomic E-state index is -0.172. The minimum Gasteiger partial charge on any atom is -0.458 e. The first-order valence-corrected chi connectivity index (χ1v) is 3.69. The Bertz CT molecular complexity index is 195. The number of carbonyl (C=O) groups is 1. The van der Waals surface area contributed by atoms with Crippen LogP contribution in [-0.4, -0.2) is 12.1 Å². The molecule has 0 aromatic heterocycles. The van der Waals surface area contributed by atoms with Gasteiger partial charge in [0.15, 0.2) is 0 Å². The number of carbonyl (C=O) groups excluding carboxylic acids is 1. The Morgan fingerprint density at radius 3 is 3.00 bits per heavy atom. The van der Waals surface area contributed by atoms with Gasteiger partial charge in [-0.3, -0.25) is 0 Å². The van der Waals surface area contributed by atoms with E-state index in [0.29, 0.717) is 11.5 Å². The van der Waals surface area contributed by atoms with E-state index in [1.807, 2.05) is 0 Å². The fraction of sp³-hybridized carbons (Fsp3) is 0.625. The van der Waals surface area contributed by atoms with Crippen LogP contribution in [0.25, 0.3) is 0 Å². The molecule has 0 amide bonds. The molecule has 2 unspecified atom stereocenters. The highest BCUT2D eigenvalue weighted by atomic mass is 16.6. The number of esters is 1. The molecule has 2 atom stereocenters. The van der Waals surface area contributed by atoms with Gasteiger partial charge in [-0.1, -0.05) is 6.58 Å². The van der Waals surface area contributed by atoms with Crippen molar-refractivity contribution < 1.29 is 9.53 Å². The van der Waals surface area contributed by atoms with E-state index >= 15 is 0 Å². The van der Waals surface area contributed by atoms with Crippen molar-refractivity contribution in [3.8, 4) is 0 Å². The molecular formula is C8H10O2. The maximum atomic E-state index is 10.9. The van der Waals surface area contributed by atoms with Crippen LogP contribution >= 0.6 is 0 Å². The van der Waals surface area contributed by atoms with Crippen molar-refractivity contribution in [2.75, 3.05) is 0 Å². The van der Waals surface area contributed by atoms with Crippen molar-refractivity contribution >= 4 is 5.97 Å². The second-order valence-corrected chi connectivity index (χ2v) is 3.01. The molecule has 0 bridgehead atoms. The van der Waals surface area contributed by atoms with Crippen LogP contribution in [0.15, 0.2) is 12.2 Å². The van der Waals surface area contributed by atoms with Gasteiger partial charge in [0.1, 0.15) is 6.10 Å². The molecule has 1 saturated heterocycles. The molecule has 1 saturated carbocycles. The van der Waals surface area contributed by atoms with Gasteiger partial charge in [0.2, 0.25) is 0 Å². The summed E-state index contributed by atoms with van der Waals surface area (Å²) in [7, 11) is 0. The summed E-state index contributed by atoms with van der Waals surface area (Å²) in [6.45, 7) is 3.70. The first-order chi connectivity index (χ1) is 4.79. The lowest BCUT2D eigenvalue weighted by atomic mass is 10.0. The zero-order chi connectivity index (χ0) is 7.14. The lowest BCUT2D eigenvalue weighted by molar-refractivity contribution is -0.138. The highest BCUT2D eigenvalue weighted by Crippen LogP contribution is 2.38. The molecule has 2 aliphatic rings. The van der Waals surface area contributed by atoms with Crippen molar-refractivity contribution in [3.63, 3.8) is 0 Å². The molecule has 1 aliphatic heterocycles. The first kappa shape index (κ1) is 5.96.